The van der Waals surface area contributed by atoms with E-state index in [1.54, 1.807) is 0 Å². The van der Waals surface area contributed by atoms with Gasteiger partial charge in [-0.25, -0.2) is 0 Å². The summed E-state index contributed by atoms with van der Waals surface area (Å²) in [5.74, 6) is 0. The molecule has 0 amide bonds. The van der Waals surface area contributed by atoms with Gasteiger partial charge in [0.05, 0.1) is 51.8 Å². The first-order valence-corrected chi connectivity index (χ1v) is 6.37. The Labute approximate surface area is 100 Å². The predicted molar refractivity (Wildman–Crippen MR) is 56.9 cm³/mol. The maximum absolute atomic E-state index is 5.78. The Hall–Kier alpha value is -0.200. The summed E-state index contributed by atoms with van der Waals surface area (Å²) in [4.78, 5) is 0. The molecule has 5 heteroatoms. The van der Waals surface area contributed by atoms with Crippen molar-refractivity contribution in [2.24, 2.45) is 0 Å². The van der Waals surface area contributed by atoms with E-state index in [9.17, 15) is 0 Å². The van der Waals surface area contributed by atoms with Crippen molar-refractivity contribution in [2.75, 3.05) is 39.6 Å². The first-order valence-electron chi connectivity index (χ1n) is 6.37. The number of epoxide rings is 4. The minimum absolute atomic E-state index is 0.0483. The minimum Gasteiger partial charge on any atom is -0.375 e. The first kappa shape index (κ1) is 10.7. The van der Waals surface area contributed by atoms with Crippen LogP contribution < -0.4 is 0 Å². The highest BCUT2D eigenvalue weighted by Gasteiger charge is 2.52. The van der Waals surface area contributed by atoms with Crippen LogP contribution in [0.3, 0.4) is 0 Å². The van der Waals surface area contributed by atoms with Gasteiger partial charge in [0, 0.05) is 12.8 Å². The van der Waals surface area contributed by atoms with E-state index in [1.807, 2.05) is 0 Å². The SMILES string of the molecule is C1OC1CC1(COCC2(CC3CO3)CO2)CO1. The van der Waals surface area contributed by atoms with Crippen molar-refractivity contribution >= 4 is 0 Å². The van der Waals surface area contributed by atoms with Crippen molar-refractivity contribution in [3.05, 3.63) is 0 Å². The molecule has 4 fully saturated rings. The zero-order valence-electron chi connectivity index (χ0n) is 9.85. The van der Waals surface area contributed by atoms with Crippen LogP contribution in [0.15, 0.2) is 0 Å². The van der Waals surface area contributed by atoms with E-state index in [1.165, 1.54) is 0 Å². The Balaban J connectivity index is 1.20. The Kier molecular flexibility index (Phi) is 2.30. The summed E-state index contributed by atoms with van der Waals surface area (Å²) in [7, 11) is 0. The quantitative estimate of drug-likeness (QED) is 0.566. The molecule has 4 aliphatic rings. The van der Waals surface area contributed by atoms with Gasteiger partial charge in [-0.2, -0.15) is 0 Å². The Bertz CT molecular complexity index is 272. The highest BCUT2D eigenvalue weighted by Crippen LogP contribution is 2.39. The molecule has 4 rings (SSSR count). The van der Waals surface area contributed by atoms with Gasteiger partial charge in [0.25, 0.3) is 0 Å². The molecule has 0 aromatic carbocycles. The van der Waals surface area contributed by atoms with Gasteiger partial charge in [0.2, 0.25) is 0 Å². The second-order valence-corrected chi connectivity index (χ2v) is 5.76. The summed E-state index contributed by atoms with van der Waals surface area (Å²) >= 11 is 0. The molecule has 17 heavy (non-hydrogen) atoms. The van der Waals surface area contributed by atoms with Gasteiger partial charge in [-0.15, -0.1) is 0 Å². The summed E-state index contributed by atoms with van der Waals surface area (Å²) in [6.45, 7) is 4.74. The summed E-state index contributed by atoms with van der Waals surface area (Å²) in [6, 6.07) is 0. The molecule has 0 N–H and O–H groups in total. The van der Waals surface area contributed by atoms with Gasteiger partial charge in [-0.1, -0.05) is 0 Å². The van der Waals surface area contributed by atoms with Crippen LogP contribution in [0, 0.1) is 0 Å². The normalized spacial score (nSPS) is 50.1. The Morgan fingerprint density at radius 3 is 1.59 bits per heavy atom. The van der Waals surface area contributed by atoms with Crippen LogP contribution in [0.4, 0.5) is 0 Å². The Morgan fingerprint density at radius 2 is 1.29 bits per heavy atom. The lowest BCUT2D eigenvalue weighted by Crippen LogP contribution is -2.28. The van der Waals surface area contributed by atoms with Crippen molar-refractivity contribution in [1.29, 1.82) is 0 Å². The lowest BCUT2D eigenvalue weighted by atomic mass is 10.0. The first-order chi connectivity index (χ1) is 8.28. The summed E-state index contributed by atoms with van der Waals surface area (Å²) in [5.41, 5.74) is -0.0966. The number of hydrogen-bond donors (Lipinski definition) is 0. The van der Waals surface area contributed by atoms with Gasteiger partial charge < -0.3 is 23.7 Å². The zero-order valence-corrected chi connectivity index (χ0v) is 9.85. The second-order valence-electron chi connectivity index (χ2n) is 5.76. The molecule has 4 saturated heterocycles. The molecule has 4 unspecified atom stereocenters. The van der Waals surface area contributed by atoms with Gasteiger partial charge in [0.15, 0.2) is 0 Å². The lowest BCUT2D eigenvalue weighted by molar-refractivity contribution is 0.0335. The predicted octanol–water partition coefficient (Wildman–Crippen LogP) is 0.119. The van der Waals surface area contributed by atoms with Crippen LogP contribution in [0.25, 0.3) is 0 Å². The summed E-state index contributed by atoms with van der Waals surface area (Å²) in [6.07, 6.45) is 2.78. The van der Waals surface area contributed by atoms with Crippen molar-refractivity contribution in [3.8, 4) is 0 Å². The van der Waals surface area contributed by atoms with Crippen molar-refractivity contribution in [3.63, 3.8) is 0 Å². The van der Waals surface area contributed by atoms with E-state index in [2.05, 4.69) is 0 Å². The monoisotopic (exact) mass is 242 g/mol. The van der Waals surface area contributed by atoms with Gasteiger partial charge >= 0.3 is 0 Å². The van der Waals surface area contributed by atoms with Crippen LogP contribution in [0.1, 0.15) is 12.8 Å². The molecule has 0 radical (unpaired) electrons. The van der Waals surface area contributed by atoms with E-state index in [0.717, 1.165) is 39.3 Å². The molecular weight excluding hydrogens is 224 g/mol. The molecule has 4 atom stereocenters. The standard InChI is InChI=1S/C12H18O5/c1(9-3-14-9)11(7-16-11)5-13-6-12(8-17-12)2-10-4-15-10/h9-10H,1-8H2. The molecule has 4 aliphatic heterocycles. The fraction of sp³-hybridized carbons (Fsp3) is 1.00. The van der Waals surface area contributed by atoms with E-state index >= 15 is 0 Å². The molecule has 4 heterocycles. The summed E-state index contributed by atoms with van der Waals surface area (Å²) < 4.78 is 27.3. The third-order valence-electron chi connectivity index (χ3n) is 3.84. The third-order valence-corrected chi connectivity index (χ3v) is 3.84. The van der Waals surface area contributed by atoms with E-state index in [-0.39, 0.29) is 11.2 Å². The third kappa shape index (κ3) is 2.63. The molecule has 96 valence electrons. The van der Waals surface area contributed by atoms with Crippen LogP contribution in [0.2, 0.25) is 0 Å². The smallest absolute Gasteiger partial charge is 0.117 e. The molecule has 0 aliphatic carbocycles. The van der Waals surface area contributed by atoms with Crippen LogP contribution in [0.5, 0.6) is 0 Å². The number of rotatable bonds is 8. The molecule has 0 spiro atoms. The average molecular weight is 242 g/mol. The molecule has 0 bridgehead atoms. The Morgan fingerprint density at radius 1 is 0.882 bits per heavy atom. The zero-order chi connectivity index (χ0) is 11.3. The lowest BCUT2D eigenvalue weighted by Gasteiger charge is -2.14. The maximum atomic E-state index is 5.78. The molecule has 0 aromatic rings. The minimum atomic E-state index is -0.0483. The van der Waals surface area contributed by atoms with E-state index in [0.29, 0.717) is 25.4 Å². The molecular formula is C12H18O5. The molecule has 0 aromatic heterocycles. The van der Waals surface area contributed by atoms with Crippen molar-refractivity contribution < 1.29 is 23.7 Å². The van der Waals surface area contributed by atoms with E-state index < -0.39 is 0 Å². The van der Waals surface area contributed by atoms with Gasteiger partial charge in [0.1, 0.15) is 11.2 Å². The highest BCUT2D eigenvalue weighted by atomic mass is 16.6. The number of hydrogen-bond acceptors (Lipinski definition) is 5. The topological polar surface area (TPSA) is 59.4 Å². The largest absolute Gasteiger partial charge is 0.375 e. The average Bonchev–Trinajstić information content (AvgIpc) is 3.18. The summed E-state index contributed by atoms with van der Waals surface area (Å²) in [5, 5.41) is 0. The van der Waals surface area contributed by atoms with E-state index in [4.69, 9.17) is 23.7 Å². The van der Waals surface area contributed by atoms with Crippen LogP contribution in [-0.4, -0.2) is 63.1 Å². The fourth-order valence-electron chi connectivity index (χ4n) is 2.35. The van der Waals surface area contributed by atoms with Crippen molar-refractivity contribution in [1.82, 2.24) is 0 Å². The van der Waals surface area contributed by atoms with Crippen LogP contribution >= 0.6 is 0 Å². The highest BCUT2D eigenvalue weighted by molar-refractivity contribution is 4.99. The second kappa shape index (κ2) is 3.65. The number of ether oxygens (including phenoxy) is 5. The van der Waals surface area contributed by atoms with Gasteiger partial charge in [-0.3, -0.25) is 0 Å². The fourth-order valence-corrected chi connectivity index (χ4v) is 2.35. The van der Waals surface area contributed by atoms with Crippen molar-refractivity contribution in [2.45, 2.75) is 36.3 Å². The molecule has 5 nitrogen and oxygen atoms in total. The van der Waals surface area contributed by atoms with Crippen LogP contribution in [-0.2, 0) is 23.7 Å². The van der Waals surface area contributed by atoms with Gasteiger partial charge in [-0.05, 0) is 0 Å². The maximum Gasteiger partial charge on any atom is 0.117 e. The molecule has 0 saturated carbocycles.